The Morgan fingerprint density at radius 2 is 2.00 bits per heavy atom. The smallest absolute Gasteiger partial charge is 0.209 e. The highest BCUT2D eigenvalue weighted by Gasteiger charge is 2.04. The van der Waals surface area contributed by atoms with Gasteiger partial charge in [-0.25, -0.2) is 4.68 Å². The number of hydrogen-bond acceptors (Lipinski definition) is 5. The van der Waals surface area contributed by atoms with Crippen LogP contribution >= 0.6 is 11.8 Å². The maximum atomic E-state index is 3.95. The fourth-order valence-electron chi connectivity index (χ4n) is 1.52. The van der Waals surface area contributed by atoms with Crippen molar-refractivity contribution in [1.82, 2.24) is 20.2 Å². The molecule has 18 heavy (non-hydrogen) atoms. The predicted molar refractivity (Wildman–Crippen MR) is 73.7 cm³/mol. The largest absolute Gasteiger partial charge is 0.375 e. The third-order valence-corrected chi connectivity index (χ3v) is 3.88. The summed E-state index contributed by atoms with van der Waals surface area (Å²) in [5.41, 5.74) is 2.52. The van der Waals surface area contributed by atoms with Crippen LogP contribution in [0.3, 0.4) is 0 Å². The predicted octanol–water partition coefficient (Wildman–Crippen LogP) is 1.96. The molecule has 0 aliphatic heterocycles. The molecule has 96 valence electrons. The molecule has 1 heterocycles. The SMILES string of the molecule is CCN(C)c1ccc(CSc2nnnn2C)cc1. The maximum Gasteiger partial charge on any atom is 0.209 e. The summed E-state index contributed by atoms with van der Waals surface area (Å²) in [6.45, 7) is 3.16. The zero-order chi connectivity index (χ0) is 13.0. The molecule has 5 nitrogen and oxygen atoms in total. The zero-order valence-electron chi connectivity index (χ0n) is 10.9. The van der Waals surface area contributed by atoms with Crippen molar-refractivity contribution in [3.05, 3.63) is 29.8 Å². The van der Waals surface area contributed by atoms with Crippen molar-refractivity contribution in [2.24, 2.45) is 7.05 Å². The molecule has 0 radical (unpaired) electrons. The molecule has 0 N–H and O–H groups in total. The third kappa shape index (κ3) is 3.01. The van der Waals surface area contributed by atoms with Gasteiger partial charge in [-0.05, 0) is 35.0 Å². The molecule has 1 aromatic carbocycles. The average molecular weight is 263 g/mol. The molecule has 6 heteroatoms. The van der Waals surface area contributed by atoms with Gasteiger partial charge in [-0.15, -0.1) is 5.10 Å². The van der Waals surface area contributed by atoms with E-state index in [0.29, 0.717) is 0 Å². The van der Waals surface area contributed by atoms with E-state index in [4.69, 9.17) is 0 Å². The Morgan fingerprint density at radius 3 is 2.56 bits per heavy atom. The normalized spacial score (nSPS) is 10.6. The van der Waals surface area contributed by atoms with Crippen molar-refractivity contribution in [3.63, 3.8) is 0 Å². The summed E-state index contributed by atoms with van der Waals surface area (Å²) in [4.78, 5) is 2.21. The van der Waals surface area contributed by atoms with Gasteiger partial charge in [0.25, 0.3) is 0 Å². The van der Waals surface area contributed by atoms with Crippen LogP contribution in [-0.4, -0.2) is 33.8 Å². The van der Waals surface area contributed by atoms with Crippen molar-refractivity contribution in [1.29, 1.82) is 0 Å². The van der Waals surface area contributed by atoms with Gasteiger partial charge in [0.05, 0.1) is 0 Å². The summed E-state index contributed by atoms with van der Waals surface area (Å²) >= 11 is 1.64. The van der Waals surface area contributed by atoms with E-state index in [1.165, 1.54) is 11.3 Å². The monoisotopic (exact) mass is 263 g/mol. The number of benzene rings is 1. The Hall–Kier alpha value is -1.56. The highest BCUT2D eigenvalue weighted by atomic mass is 32.2. The molecule has 0 fully saturated rings. The molecule has 2 rings (SSSR count). The van der Waals surface area contributed by atoms with Crippen LogP contribution in [-0.2, 0) is 12.8 Å². The van der Waals surface area contributed by atoms with Crippen LogP contribution in [0.2, 0.25) is 0 Å². The Balaban J connectivity index is 1.96. The molecule has 0 saturated heterocycles. The number of nitrogens with zero attached hydrogens (tertiary/aromatic N) is 5. The fourth-order valence-corrected chi connectivity index (χ4v) is 2.33. The second-order valence-electron chi connectivity index (χ2n) is 4.05. The lowest BCUT2D eigenvalue weighted by Gasteiger charge is -2.16. The number of aromatic nitrogens is 4. The zero-order valence-corrected chi connectivity index (χ0v) is 11.7. The highest BCUT2D eigenvalue weighted by molar-refractivity contribution is 7.98. The highest BCUT2D eigenvalue weighted by Crippen LogP contribution is 2.21. The maximum absolute atomic E-state index is 3.95. The van der Waals surface area contributed by atoms with Gasteiger partial charge in [0.2, 0.25) is 5.16 Å². The van der Waals surface area contributed by atoms with Crippen LogP contribution in [0.25, 0.3) is 0 Å². The molecule has 0 aliphatic rings. The van der Waals surface area contributed by atoms with Crippen LogP contribution in [0, 0.1) is 0 Å². The first-order valence-electron chi connectivity index (χ1n) is 5.86. The summed E-state index contributed by atoms with van der Waals surface area (Å²) in [5, 5.41) is 12.2. The second-order valence-corrected chi connectivity index (χ2v) is 5.00. The summed E-state index contributed by atoms with van der Waals surface area (Å²) in [6, 6.07) is 8.60. The van der Waals surface area contributed by atoms with Gasteiger partial charge in [-0.1, -0.05) is 23.9 Å². The van der Waals surface area contributed by atoms with E-state index in [1.54, 1.807) is 16.4 Å². The first kappa shape index (κ1) is 12.9. The van der Waals surface area contributed by atoms with Crippen molar-refractivity contribution in [3.8, 4) is 0 Å². The molecule has 0 aliphatic carbocycles. The summed E-state index contributed by atoms with van der Waals surface area (Å²) < 4.78 is 1.68. The van der Waals surface area contributed by atoms with Gasteiger partial charge in [0.15, 0.2) is 0 Å². The quantitative estimate of drug-likeness (QED) is 0.772. The second kappa shape index (κ2) is 5.86. The Morgan fingerprint density at radius 1 is 1.28 bits per heavy atom. The molecule has 0 amide bonds. The molecule has 2 aromatic rings. The lowest BCUT2D eigenvalue weighted by atomic mass is 10.2. The molecular formula is C12H17N5S. The fraction of sp³-hybridized carbons (Fsp3) is 0.417. The number of rotatable bonds is 5. The molecular weight excluding hydrogens is 246 g/mol. The van der Waals surface area contributed by atoms with E-state index in [0.717, 1.165) is 17.5 Å². The van der Waals surface area contributed by atoms with E-state index >= 15 is 0 Å². The third-order valence-electron chi connectivity index (χ3n) is 2.80. The number of hydrogen-bond donors (Lipinski definition) is 0. The average Bonchev–Trinajstić information content (AvgIpc) is 2.81. The van der Waals surface area contributed by atoms with Gasteiger partial charge in [-0.2, -0.15) is 0 Å². The Kier molecular flexibility index (Phi) is 4.19. The van der Waals surface area contributed by atoms with Crippen LogP contribution < -0.4 is 4.90 Å². The Bertz CT molecular complexity index is 493. The topological polar surface area (TPSA) is 46.8 Å². The molecule has 0 spiro atoms. The van der Waals surface area contributed by atoms with E-state index in [2.05, 4.69) is 58.7 Å². The van der Waals surface area contributed by atoms with Gasteiger partial charge in [0, 0.05) is 32.1 Å². The number of anilines is 1. The minimum absolute atomic E-state index is 0.838. The number of thioether (sulfide) groups is 1. The lowest BCUT2D eigenvalue weighted by molar-refractivity contribution is 0.664. The number of tetrazole rings is 1. The van der Waals surface area contributed by atoms with E-state index < -0.39 is 0 Å². The molecule has 0 saturated carbocycles. The van der Waals surface area contributed by atoms with E-state index in [1.807, 2.05) is 7.05 Å². The van der Waals surface area contributed by atoms with Gasteiger partial charge in [0.1, 0.15) is 0 Å². The van der Waals surface area contributed by atoms with Crippen molar-refractivity contribution < 1.29 is 0 Å². The van der Waals surface area contributed by atoms with E-state index in [9.17, 15) is 0 Å². The standard InChI is InChI=1S/C12H17N5S/c1-4-16(2)11-7-5-10(6-8-11)9-18-12-13-14-15-17(12)3/h5-8H,4,9H2,1-3H3. The summed E-state index contributed by atoms with van der Waals surface area (Å²) in [7, 11) is 3.94. The Labute approximate surface area is 111 Å². The lowest BCUT2D eigenvalue weighted by Crippen LogP contribution is -2.15. The van der Waals surface area contributed by atoms with Crippen molar-refractivity contribution in [2.75, 3.05) is 18.5 Å². The molecule has 0 atom stereocenters. The first-order valence-corrected chi connectivity index (χ1v) is 6.84. The van der Waals surface area contributed by atoms with Crippen LogP contribution in [0.1, 0.15) is 12.5 Å². The van der Waals surface area contributed by atoms with E-state index in [-0.39, 0.29) is 0 Å². The van der Waals surface area contributed by atoms with Crippen LogP contribution in [0.15, 0.2) is 29.4 Å². The summed E-state index contributed by atoms with van der Waals surface area (Å²) in [5.74, 6) is 0.879. The van der Waals surface area contributed by atoms with Crippen LogP contribution in [0.4, 0.5) is 5.69 Å². The molecule has 1 aromatic heterocycles. The van der Waals surface area contributed by atoms with Crippen LogP contribution in [0.5, 0.6) is 0 Å². The minimum Gasteiger partial charge on any atom is -0.375 e. The summed E-state index contributed by atoms with van der Waals surface area (Å²) in [6.07, 6.45) is 0. The van der Waals surface area contributed by atoms with Gasteiger partial charge >= 0.3 is 0 Å². The first-order chi connectivity index (χ1) is 8.70. The van der Waals surface area contributed by atoms with Gasteiger partial charge in [-0.3, -0.25) is 0 Å². The number of aryl methyl sites for hydroxylation is 1. The minimum atomic E-state index is 0.838. The van der Waals surface area contributed by atoms with Crippen molar-refractivity contribution in [2.45, 2.75) is 17.8 Å². The van der Waals surface area contributed by atoms with Crippen molar-refractivity contribution >= 4 is 17.4 Å². The molecule has 0 bridgehead atoms. The van der Waals surface area contributed by atoms with Gasteiger partial charge < -0.3 is 4.90 Å². The molecule has 0 unspecified atom stereocenters.